The summed E-state index contributed by atoms with van der Waals surface area (Å²) in [6.07, 6.45) is 6.79. The van der Waals surface area contributed by atoms with Crippen LogP contribution in [0.15, 0.2) is 91.4 Å². The molecule has 32 heavy (non-hydrogen) atoms. The van der Waals surface area contributed by atoms with Crippen LogP contribution in [0.5, 0.6) is 0 Å². The van der Waals surface area contributed by atoms with Gasteiger partial charge in [0.2, 0.25) is 0 Å². The first-order valence-corrected chi connectivity index (χ1v) is 11.3. The lowest BCUT2D eigenvalue weighted by Crippen LogP contribution is -2.30. The van der Waals surface area contributed by atoms with Gasteiger partial charge in [0.25, 0.3) is 0 Å². The predicted octanol–water partition coefficient (Wildman–Crippen LogP) is 5.07. The molecule has 5 nitrogen and oxygen atoms in total. The van der Waals surface area contributed by atoms with Crippen molar-refractivity contribution in [2.24, 2.45) is 0 Å². The molecular formula is C26H25N5S. The molecule has 1 aliphatic heterocycles. The molecule has 1 saturated heterocycles. The zero-order chi connectivity index (χ0) is 21.9. The van der Waals surface area contributed by atoms with Gasteiger partial charge in [0.1, 0.15) is 6.04 Å². The summed E-state index contributed by atoms with van der Waals surface area (Å²) in [4.78, 5) is 11.4. The van der Waals surface area contributed by atoms with E-state index in [1.165, 1.54) is 11.3 Å². The fourth-order valence-corrected chi connectivity index (χ4v) is 4.68. The van der Waals surface area contributed by atoms with E-state index in [1.54, 1.807) is 0 Å². The van der Waals surface area contributed by atoms with Crippen LogP contribution in [0.2, 0.25) is 0 Å². The lowest BCUT2D eigenvalue weighted by molar-refractivity contribution is 0.532. The molecule has 0 aliphatic carbocycles. The highest BCUT2D eigenvalue weighted by molar-refractivity contribution is 7.80. The Bertz CT molecular complexity index is 1190. The molecule has 0 radical (unpaired) electrons. The standard InChI is InChI=1S/C26H25N5S/c1-2-19-11-13-21(14-12-19)31-25(24(29-26(31)32)22-9-4-6-16-28-22)23-10-7-17-30(23)18-20-8-3-5-15-27-20/h3-17,24-25H,2,18H2,1H3,(H,29,32). The average Bonchev–Trinajstić information content (AvgIpc) is 3.44. The van der Waals surface area contributed by atoms with Crippen molar-refractivity contribution in [1.82, 2.24) is 19.9 Å². The summed E-state index contributed by atoms with van der Waals surface area (Å²) in [5.41, 5.74) is 5.54. The molecule has 0 spiro atoms. The number of hydrogen-bond donors (Lipinski definition) is 1. The average molecular weight is 440 g/mol. The molecule has 2 unspecified atom stereocenters. The molecule has 1 fully saturated rings. The number of rotatable bonds is 6. The highest BCUT2D eigenvalue weighted by atomic mass is 32.1. The second-order valence-corrected chi connectivity index (χ2v) is 8.29. The summed E-state index contributed by atoms with van der Waals surface area (Å²) < 4.78 is 2.26. The Morgan fingerprint density at radius 1 is 0.906 bits per heavy atom. The van der Waals surface area contributed by atoms with Gasteiger partial charge in [-0.3, -0.25) is 9.97 Å². The van der Waals surface area contributed by atoms with E-state index in [0.717, 1.165) is 23.5 Å². The van der Waals surface area contributed by atoms with E-state index >= 15 is 0 Å². The largest absolute Gasteiger partial charge is 0.351 e. The summed E-state index contributed by atoms with van der Waals surface area (Å²) in [6.45, 7) is 2.87. The van der Waals surface area contributed by atoms with Crippen LogP contribution in [0.4, 0.5) is 5.69 Å². The minimum Gasteiger partial charge on any atom is -0.351 e. The van der Waals surface area contributed by atoms with Gasteiger partial charge in [-0.2, -0.15) is 0 Å². The molecule has 1 aliphatic rings. The van der Waals surface area contributed by atoms with Gasteiger partial charge >= 0.3 is 0 Å². The second kappa shape index (κ2) is 8.93. The fraction of sp³-hybridized carbons (Fsp3) is 0.192. The Balaban J connectivity index is 1.59. The van der Waals surface area contributed by atoms with Crippen LogP contribution in [-0.4, -0.2) is 19.6 Å². The Morgan fingerprint density at radius 3 is 2.38 bits per heavy atom. The van der Waals surface area contributed by atoms with Crippen molar-refractivity contribution in [1.29, 1.82) is 0 Å². The van der Waals surface area contributed by atoms with Gasteiger partial charge in [-0.15, -0.1) is 0 Å². The topological polar surface area (TPSA) is 46.0 Å². The van der Waals surface area contributed by atoms with Gasteiger partial charge in [0.05, 0.1) is 24.0 Å². The van der Waals surface area contributed by atoms with E-state index in [2.05, 4.69) is 86.4 Å². The van der Waals surface area contributed by atoms with Crippen LogP contribution in [0.3, 0.4) is 0 Å². The van der Waals surface area contributed by atoms with Crippen molar-refractivity contribution in [3.63, 3.8) is 0 Å². The third-order valence-corrected chi connectivity index (χ3v) is 6.26. The Morgan fingerprint density at radius 2 is 1.69 bits per heavy atom. The lowest BCUT2D eigenvalue weighted by atomic mass is 10.0. The van der Waals surface area contributed by atoms with Crippen molar-refractivity contribution in [3.05, 3.63) is 114 Å². The number of nitrogens with one attached hydrogen (secondary N) is 1. The molecule has 4 aromatic rings. The predicted molar refractivity (Wildman–Crippen MR) is 132 cm³/mol. The van der Waals surface area contributed by atoms with Gasteiger partial charge in [0, 0.05) is 30.0 Å². The molecule has 4 heterocycles. The van der Waals surface area contributed by atoms with Crippen LogP contribution >= 0.6 is 12.2 Å². The van der Waals surface area contributed by atoms with E-state index in [9.17, 15) is 0 Å². The summed E-state index contributed by atoms with van der Waals surface area (Å²) in [5, 5.41) is 4.25. The van der Waals surface area contributed by atoms with Crippen LogP contribution < -0.4 is 10.2 Å². The van der Waals surface area contributed by atoms with Gasteiger partial charge in [-0.1, -0.05) is 31.2 Å². The molecule has 0 bridgehead atoms. The van der Waals surface area contributed by atoms with E-state index in [0.29, 0.717) is 11.7 Å². The summed E-state index contributed by atoms with van der Waals surface area (Å²) >= 11 is 5.85. The van der Waals surface area contributed by atoms with Crippen molar-refractivity contribution in [3.8, 4) is 0 Å². The molecule has 1 N–H and O–H groups in total. The number of aromatic nitrogens is 3. The minimum absolute atomic E-state index is 0.0383. The third-order valence-electron chi connectivity index (χ3n) is 5.95. The SMILES string of the molecule is CCc1ccc(N2C(=S)NC(c3ccccn3)C2c2cccn2Cc2ccccn2)cc1. The molecule has 3 aromatic heterocycles. The van der Waals surface area contributed by atoms with Crippen LogP contribution in [0.1, 0.15) is 41.7 Å². The summed E-state index contributed by atoms with van der Waals surface area (Å²) in [6, 6.07) is 24.9. The molecule has 5 rings (SSSR count). The van der Waals surface area contributed by atoms with Gasteiger partial charge in [-0.25, -0.2) is 0 Å². The molecule has 1 aromatic carbocycles. The van der Waals surface area contributed by atoms with Crippen molar-refractivity contribution < 1.29 is 0 Å². The number of nitrogens with zero attached hydrogens (tertiary/aromatic N) is 4. The number of thiocarbonyl (C=S) groups is 1. The first kappa shape index (κ1) is 20.4. The highest BCUT2D eigenvalue weighted by Crippen LogP contribution is 2.41. The van der Waals surface area contributed by atoms with Gasteiger partial charge < -0.3 is 14.8 Å². The van der Waals surface area contributed by atoms with Gasteiger partial charge in [0.15, 0.2) is 5.11 Å². The molecule has 160 valence electrons. The monoisotopic (exact) mass is 439 g/mol. The maximum atomic E-state index is 5.85. The maximum Gasteiger partial charge on any atom is 0.174 e. The van der Waals surface area contributed by atoms with E-state index in [1.807, 2.05) is 36.7 Å². The number of benzene rings is 1. The van der Waals surface area contributed by atoms with Crippen molar-refractivity contribution in [2.45, 2.75) is 32.0 Å². The van der Waals surface area contributed by atoms with E-state index < -0.39 is 0 Å². The smallest absolute Gasteiger partial charge is 0.174 e. The lowest BCUT2D eigenvalue weighted by Gasteiger charge is -2.29. The van der Waals surface area contributed by atoms with E-state index in [4.69, 9.17) is 12.2 Å². The zero-order valence-corrected chi connectivity index (χ0v) is 18.7. The number of hydrogen-bond acceptors (Lipinski definition) is 3. The molecule has 2 atom stereocenters. The van der Waals surface area contributed by atoms with Crippen LogP contribution in [-0.2, 0) is 13.0 Å². The first-order chi connectivity index (χ1) is 15.7. The van der Waals surface area contributed by atoms with Gasteiger partial charge in [-0.05, 0) is 72.7 Å². The Kier molecular flexibility index (Phi) is 5.69. The second-order valence-electron chi connectivity index (χ2n) is 7.90. The van der Waals surface area contributed by atoms with Crippen LogP contribution in [0, 0.1) is 0 Å². The third kappa shape index (κ3) is 3.89. The number of anilines is 1. The Labute approximate surface area is 193 Å². The van der Waals surface area contributed by atoms with Crippen LogP contribution in [0.25, 0.3) is 0 Å². The maximum absolute atomic E-state index is 5.85. The number of aryl methyl sites for hydroxylation is 1. The summed E-state index contributed by atoms with van der Waals surface area (Å²) in [7, 11) is 0. The normalized spacial score (nSPS) is 18.0. The molecule has 0 saturated carbocycles. The number of pyridine rings is 2. The molecular weight excluding hydrogens is 414 g/mol. The molecule has 0 amide bonds. The quantitative estimate of drug-likeness (QED) is 0.425. The summed E-state index contributed by atoms with van der Waals surface area (Å²) in [5.74, 6) is 0. The van der Waals surface area contributed by atoms with E-state index in [-0.39, 0.29) is 12.1 Å². The minimum atomic E-state index is -0.0630. The molecule has 6 heteroatoms. The zero-order valence-electron chi connectivity index (χ0n) is 17.9. The Hall–Kier alpha value is -3.51. The van der Waals surface area contributed by atoms with Crippen molar-refractivity contribution in [2.75, 3.05) is 4.90 Å². The first-order valence-electron chi connectivity index (χ1n) is 10.9. The fourth-order valence-electron chi connectivity index (χ4n) is 4.33. The van der Waals surface area contributed by atoms with Crippen molar-refractivity contribution >= 4 is 23.0 Å². The highest BCUT2D eigenvalue weighted by Gasteiger charge is 2.42.